The molecule has 0 aliphatic heterocycles. The molecule has 26 heavy (non-hydrogen) atoms. The van der Waals surface area contributed by atoms with Gasteiger partial charge in [0.15, 0.2) is 5.13 Å². The first kappa shape index (κ1) is 18.2. The largest absolute Gasteiger partial charge is 0.495 e. The number of carbonyl (C=O) groups is 1. The summed E-state index contributed by atoms with van der Waals surface area (Å²) in [5.41, 5.74) is 3.73. The van der Waals surface area contributed by atoms with Crippen molar-refractivity contribution in [3.8, 4) is 5.75 Å². The van der Waals surface area contributed by atoms with Crippen molar-refractivity contribution in [2.75, 3.05) is 17.7 Å². The average Bonchev–Trinajstić information content (AvgIpc) is 3.08. The van der Waals surface area contributed by atoms with Gasteiger partial charge in [-0.15, -0.1) is 11.3 Å². The van der Waals surface area contributed by atoms with E-state index in [1.165, 1.54) is 11.3 Å². The SMILES string of the molecule is COc1ccc(C)cc1Nc1nc(C(=O)Nc2cccc(Cl)c2C)cs1. The number of hydrogen-bond acceptors (Lipinski definition) is 5. The lowest BCUT2D eigenvalue weighted by molar-refractivity contribution is 0.102. The first-order valence-electron chi connectivity index (χ1n) is 7.91. The molecule has 0 unspecified atom stereocenters. The van der Waals surface area contributed by atoms with Gasteiger partial charge in [-0.25, -0.2) is 4.98 Å². The predicted octanol–water partition coefficient (Wildman–Crippen LogP) is 5.42. The number of hydrogen-bond donors (Lipinski definition) is 2. The molecule has 2 N–H and O–H groups in total. The number of nitrogens with zero attached hydrogens (tertiary/aromatic N) is 1. The summed E-state index contributed by atoms with van der Waals surface area (Å²) < 4.78 is 5.35. The zero-order valence-electron chi connectivity index (χ0n) is 14.6. The highest BCUT2D eigenvalue weighted by Gasteiger charge is 2.14. The summed E-state index contributed by atoms with van der Waals surface area (Å²) in [5.74, 6) is 0.433. The van der Waals surface area contributed by atoms with Gasteiger partial charge in [-0.1, -0.05) is 23.7 Å². The summed E-state index contributed by atoms with van der Waals surface area (Å²) in [6.45, 7) is 3.86. The second-order valence-electron chi connectivity index (χ2n) is 5.73. The van der Waals surface area contributed by atoms with E-state index in [9.17, 15) is 4.79 Å². The maximum absolute atomic E-state index is 12.5. The number of amides is 1. The minimum absolute atomic E-state index is 0.282. The molecule has 1 amide bonds. The normalized spacial score (nSPS) is 10.5. The van der Waals surface area contributed by atoms with Crippen LogP contribution in [0.1, 0.15) is 21.6 Å². The number of anilines is 3. The lowest BCUT2D eigenvalue weighted by atomic mass is 10.2. The van der Waals surface area contributed by atoms with Gasteiger partial charge >= 0.3 is 0 Å². The number of thiazole rings is 1. The molecule has 1 heterocycles. The summed E-state index contributed by atoms with van der Waals surface area (Å²) in [4.78, 5) is 16.8. The smallest absolute Gasteiger partial charge is 0.275 e. The number of rotatable bonds is 5. The van der Waals surface area contributed by atoms with Crippen LogP contribution < -0.4 is 15.4 Å². The van der Waals surface area contributed by atoms with Crippen molar-refractivity contribution in [2.45, 2.75) is 13.8 Å². The van der Waals surface area contributed by atoms with Gasteiger partial charge in [-0.05, 0) is 49.2 Å². The summed E-state index contributed by atoms with van der Waals surface area (Å²) in [5, 5.41) is 8.98. The summed E-state index contributed by atoms with van der Waals surface area (Å²) in [7, 11) is 1.61. The van der Waals surface area contributed by atoms with Crippen LogP contribution in [0.5, 0.6) is 5.75 Å². The Bertz CT molecular complexity index is 956. The Morgan fingerprint density at radius 1 is 1.19 bits per heavy atom. The molecule has 0 atom stereocenters. The maximum Gasteiger partial charge on any atom is 0.275 e. The lowest BCUT2D eigenvalue weighted by Crippen LogP contribution is -2.13. The van der Waals surface area contributed by atoms with Crippen molar-refractivity contribution in [3.05, 3.63) is 63.6 Å². The fourth-order valence-corrected chi connectivity index (χ4v) is 3.28. The van der Waals surface area contributed by atoms with E-state index in [0.29, 0.717) is 27.3 Å². The number of aromatic nitrogens is 1. The molecule has 0 saturated carbocycles. The molecule has 0 aliphatic rings. The van der Waals surface area contributed by atoms with Gasteiger partial charge in [0.1, 0.15) is 11.4 Å². The Labute approximate surface area is 161 Å². The second kappa shape index (κ2) is 7.76. The van der Waals surface area contributed by atoms with E-state index in [0.717, 1.165) is 16.8 Å². The van der Waals surface area contributed by atoms with Crippen LogP contribution in [0, 0.1) is 13.8 Å². The van der Waals surface area contributed by atoms with Gasteiger partial charge in [-0.2, -0.15) is 0 Å². The van der Waals surface area contributed by atoms with E-state index in [2.05, 4.69) is 15.6 Å². The summed E-state index contributed by atoms with van der Waals surface area (Å²) >= 11 is 7.44. The Balaban J connectivity index is 1.76. The van der Waals surface area contributed by atoms with Crippen LogP contribution in [0.4, 0.5) is 16.5 Å². The van der Waals surface area contributed by atoms with E-state index in [1.54, 1.807) is 24.6 Å². The van der Waals surface area contributed by atoms with Crippen LogP contribution in [0.15, 0.2) is 41.8 Å². The molecule has 0 aliphatic carbocycles. The van der Waals surface area contributed by atoms with Gasteiger partial charge in [-0.3, -0.25) is 4.79 Å². The van der Waals surface area contributed by atoms with Gasteiger partial charge in [0.05, 0.1) is 12.8 Å². The summed E-state index contributed by atoms with van der Waals surface area (Å²) in [6, 6.07) is 11.2. The van der Waals surface area contributed by atoms with Crippen LogP contribution >= 0.6 is 22.9 Å². The number of halogens is 1. The molecule has 0 saturated heterocycles. The van der Waals surface area contributed by atoms with E-state index >= 15 is 0 Å². The summed E-state index contributed by atoms with van der Waals surface area (Å²) in [6.07, 6.45) is 0. The molecule has 134 valence electrons. The van der Waals surface area contributed by atoms with E-state index in [1.807, 2.05) is 38.1 Å². The number of ether oxygens (including phenoxy) is 1. The standard InChI is InChI=1S/C19H18ClN3O2S/c1-11-7-8-17(25-3)15(9-11)22-19-23-16(10-26-19)18(24)21-14-6-4-5-13(20)12(14)2/h4-10H,1-3H3,(H,21,24)(H,22,23). The molecule has 5 nitrogen and oxygen atoms in total. The fraction of sp³-hybridized carbons (Fsp3) is 0.158. The third-order valence-electron chi connectivity index (χ3n) is 3.85. The third-order valence-corrected chi connectivity index (χ3v) is 5.02. The number of carbonyl (C=O) groups excluding carboxylic acids is 1. The van der Waals surface area contributed by atoms with E-state index in [4.69, 9.17) is 16.3 Å². The van der Waals surface area contributed by atoms with Crippen molar-refractivity contribution in [1.29, 1.82) is 0 Å². The number of methoxy groups -OCH3 is 1. The Morgan fingerprint density at radius 3 is 2.77 bits per heavy atom. The Kier molecular flexibility index (Phi) is 5.44. The minimum atomic E-state index is -0.282. The molecule has 3 rings (SSSR count). The molecule has 1 aromatic heterocycles. The highest BCUT2D eigenvalue weighted by molar-refractivity contribution is 7.14. The van der Waals surface area contributed by atoms with E-state index in [-0.39, 0.29) is 5.91 Å². The quantitative estimate of drug-likeness (QED) is 0.613. The van der Waals surface area contributed by atoms with Crippen LogP contribution in [0.3, 0.4) is 0 Å². The van der Waals surface area contributed by atoms with Crippen LogP contribution in [0.25, 0.3) is 0 Å². The number of aryl methyl sites for hydroxylation is 1. The van der Waals surface area contributed by atoms with E-state index < -0.39 is 0 Å². The number of nitrogens with one attached hydrogen (secondary N) is 2. The van der Waals surface area contributed by atoms with Gasteiger partial charge < -0.3 is 15.4 Å². The third kappa shape index (κ3) is 3.98. The highest BCUT2D eigenvalue weighted by atomic mass is 35.5. The lowest BCUT2D eigenvalue weighted by Gasteiger charge is -2.10. The highest BCUT2D eigenvalue weighted by Crippen LogP contribution is 2.30. The monoisotopic (exact) mass is 387 g/mol. The average molecular weight is 388 g/mol. The molecule has 2 aromatic carbocycles. The zero-order chi connectivity index (χ0) is 18.7. The predicted molar refractivity (Wildman–Crippen MR) is 107 cm³/mol. The van der Waals surface area contributed by atoms with Crippen LogP contribution in [0.2, 0.25) is 5.02 Å². The molecule has 7 heteroatoms. The first-order valence-corrected chi connectivity index (χ1v) is 9.17. The fourth-order valence-electron chi connectivity index (χ4n) is 2.40. The maximum atomic E-state index is 12.5. The topological polar surface area (TPSA) is 63.2 Å². The molecule has 3 aromatic rings. The molecule has 0 radical (unpaired) electrons. The second-order valence-corrected chi connectivity index (χ2v) is 7.00. The van der Waals surface area contributed by atoms with Crippen molar-refractivity contribution in [1.82, 2.24) is 4.98 Å². The Hall–Kier alpha value is -2.57. The van der Waals surface area contributed by atoms with Crippen molar-refractivity contribution >= 4 is 45.4 Å². The number of benzene rings is 2. The van der Waals surface area contributed by atoms with Gasteiger partial charge in [0.25, 0.3) is 5.91 Å². The van der Waals surface area contributed by atoms with Crippen molar-refractivity contribution in [2.24, 2.45) is 0 Å². The molecule has 0 fully saturated rings. The molecule has 0 spiro atoms. The van der Waals surface area contributed by atoms with Gasteiger partial charge in [0.2, 0.25) is 0 Å². The van der Waals surface area contributed by atoms with Crippen LogP contribution in [-0.4, -0.2) is 18.0 Å². The van der Waals surface area contributed by atoms with Crippen LogP contribution in [-0.2, 0) is 0 Å². The molecular formula is C19H18ClN3O2S. The minimum Gasteiger partial charge on any atom is -0.495 e. The zero-order valence-corrected chi connectivity index (χ0v) is 16.2. The van der Waals surface area contributed by atoms with Gasteiger partial charge in [0, 0.05) is 16.1 Å². The molecular weight excluding hydrogens is 370 g/mol. The van der Waals surface area contributed by atoms with Crippen molar-refractivity contribution < 1.29 is 9.53 Å². The first-order chi connectivity index (χ1) is 12.5. The molecule has 0 bridgehead atoms. The van der Waals surface area contributed by atoms with Crippen molar-refractivity contribution in [3.63, 3.8) is 0 Å². The Morgan fingerprint density at radius 2 is 2.00 bits per heavy atom.